The lowest BCUT2D eigenvalue weighted by Crippen LogP contribution is -2.00. The zero-order valence-electron chi connectivity index (χ0n) is 26.5. The maximum Gasteiger partial charge on any atom is 0.180 e. The van der Waals surface area contributed by atoms with Gasteiger partial charge in [-0.3, -0.25) is 0 Å². The molecule has 0 spiro atoms. The SMILES string of the molecule is c1ccc(-c2nc(-c3ccccc3)nc(-c3cccc4sc5cc(-c6nc(-c7ccccc7)nc7c6oc6ccccc67)ccc5c34)n2)cc1. The van der Waals surface area contributed by atoms with Gasteiger partial charge in [0, 0.05) is 53.4 Å². The van der Waals surface area contributed by atoms with Crippen LogP contribution in [0.25, 0.3) is 99.1 Å². The second-order valence-corrected chi connectivity index (χ2v) is 13.2. The summed E-state index contributed by atoms with van der Waals surface area (Å²) < 4.78 is 8.71. The lowest BCUT2D eigenvalue weighted by Gasteiger charge is -2.09. The molecule has 234 valence electrons. The molecule has 50 heavy (non-hydrogen) atoms. The molecule has 0 aliphatic carbocycles. The summed E-state index contributed by atoms with van der Waals surface area (Å²) in [6.07, 6.45) is 0. The number of hydrogen-bond acceptors (Lipinski definition) is 7. The van der Waals surface area contributed by atoms with Gasteiger partial charge < -0.3 is 4.42 Å². The van der Waals surface area contributed by atoms with Crippen LogP contribution >= 0.6 is 11.3 Å². The summed E-state index contributed by atoms with van der Waals surface area (Å²) in [6.45, 7) is 0. The Kier molecular flexibility index (Phi) is 6.57. The van der Waals surface area contributed by atoms with E-state index < -0.39 is 0 Å². The molecule has 0 amide bonds. The Morgan fingerprint density at radius 3 is 1.70 bits per heavy atom. The molecule has 0 radical (unpaired) electrons. The third-order valence-electron chi connectivity index (χ3n) is 8.96. The maximum atomic E-state index is 6.43. The summed E-state index contributed by atoms with van der Waals surface area (Å²) in [5.74, 6) is 2.58. The predicted molar refractivity (Wildman–Crippen MR) is 203 cm³/mol. The van der Waals surface area contributed by atoms with Crippen LogP contribution in [0.3, 0.4) is 0 Å². The van der Waals surface area contributed by atoms with E-state index in [1.165, 1.54) is 0 Å². The standard InChI is InChI=1S/C43H25N5OS/c1-4-13-26(14-5-1)40-44-37(39-38(45-40)30-19-10-11-21-33(30)49-39)29-23-24-31-35(25-29)50-34-22-12-20-32(36(31)34)43-47-41(27-15-6-2-7-16-27)46-42(48-43)28-17-8-3-9-18-28/h1-25H. The van der Waals surface area contributed by atoms with E-state index in [4.69, 9.17) is 29.3 Å². The highest BCUT2D eigenvalue weighted by atomic mass is 32.1. The summed E-state index contributed by atoms with van der Waals surface area (Å²) in [5, 5.41) is 3.22. The van der Waals surface area contributed by atoms with Crippen molar-refractivity contribution in [2.24, 2.45) is 0 Å². The summed E-state index contributed by atoms with van der Waals surface area (Å²) in [5.41, 5.74) is 7.81. The third kappa shape index (κ3) is 4.75. The minimum absolute atomic E-state index is 0.638. The van der Waals surface area contributed by atoms with Gasteiger partial charge in [-0.2, -0.15) is 0 Å². The van der Waals surface area contributed by atoms with Crippen LogP contribution in [0.4, 0.5) is 0 Å². The predicted octanol–water partition coefficient (Wildman–Crippen LogP) is 11.3. The average Bonchev–Trinajstić information content (AvgIpc) is 3.76. The summed E-state index contributed by atoms with van der Waals surface area (Å²) >= 11 is 1.75. The van der Waals surface area contributed by atoms with Crippen molar-refractivity contribution in [2.45, 2.75) is 0 Å². The van der Waals surface area contributed by atoms with Gasteiger partial charge in [-0.15, -0.1) is 11.3 Å². The van der Waals surface area contributed by atoms with Crippen molar-refractivity contribution in [3.8, 4) is 56.8 Å². The number of fused-ring (bicyclic) bond motifs is 6. The van der Waals surface area contributed by atoms with Crippen molar-refractivity contribution < 1.29 is 4.42 Å². The fourth-order valence-electron chi connectivity index (χ4n) is 6.59. The smallest absolute Gasteiger partial charge is 0.180 e. The van der Waals surface area contributed by atoms with Gasteiger partial charge in [0.1, 0.15) is 16.8 Å². The molecule has 0 saturated carbocycles. The number of benzene rings is 6. The molecule has 0 atom stereocenters. The first-order valence-electron chi connectivity index (χ1n) is 16.3. The Morgan fingerprint density at radius 2 is 1.02 bits per heavy atom. The molecular formula is C43H25N5OS. The highest BCUT2D eigenvalue weighted by molar-refractivity contribution is 7.26. The monoisotopic (exact) mass is 659 g/mol. The van der Waals surface area contributed by atoms with Crippen LogP contribution < -0.4 is 0 Å². The van der Waals surface area contributed by atoms with E-state index in [1.807, 2.05) is 109 Å². The van der Waals surface area contributed by atoms with Gasteiger partial charge in [0.2, 0.25) is 0 Å². The number of aromatic nitrogens is 5. The third-order valence-corrected chi connectivity index (χ3v) is 10.1. The first-order valence-corrected chi connectivity index (χ1v) is 17.2. The lowest BCUT2D eigenvalue weighted by atomic mass is 10.0. The van der Waals surface area contributed by atoms with Crippen molar-refractivity contribution >= 4 is 53.6 Å². The maximum absolute atomic E-state index is 6.43. The van der Waals surface area contributed by atoms with Gasteiger partial charge in [0.25, 0.3) is 0 Å². The topological polar surface area (TPSA) is 77.6 Å². The number of para-hydroxylation sites is 1. The molecule has 7 heteroatoms. The second-order valence-electron chi connectivity index (χ2n) is 12.1. The molecular weight excluding hydrogens is 635 g/mol. The lowest BCUT2D eigenvalue weighted by molar-refractivity contribution is 0.667. The van der Waals surface area contributed by atoms with Gasteiger partial charge in [-0.25, -0.2) is 24.9 Å². The van der Waals surface area contributed by atoms with Crippen LogP contribution in [0.15, 0.2) is 156 Å². The van der Waals surface area contributed by atoms with Crippen molar-refractivity contribution in [1.82, 2.24) is 24.9 Å². The Hall–Kier alpha value is -6.57. The zero-order valence-corrected chi connectivity index (χ0v) is 27.3. The molecule has 10 aromatic rings. The molecule has 4 aromatic heterocycles. The second kappa shape index (κ2) is 11.5. The Balaban J connectivity index is 1.17. The molecule has 0 aliphatic rings. The molecule has 4 heterocycles. The number of rotatable bonds is 5. The largest absolute Gasteiger partial charge is 0.452 e. The minimum Gasteiger partial charge on any atom is -0.452 e. The average molecular weight is 660 g/mol. The van der Waals surface area contributed by atoms with E-state index in [9.17, 15) is 0 Å². The fraction of sp³-hybridized carbons (Fsp3) is 0. The summed E-state index contributed by atoms with van der Waals surface area (Å²) in [6, 6.07) is 51.2. The summed E-state index contributed by atoms with van der Waals surface area (Å²) in [4.78, 5) is 25.1. The first-order chi connectivity index (χ1) is 24.8. The normalized spacial score (nSPS) is 11.6. The number of nitrogens with zero attached hydrogens (tertiary/aromatic N) is 5. The van der Waals surface area contributed by atoms with E-state index in [2.05, 4.69) is 42.5 Å². The van der Waals surface area contributed by atoms with E-state index >= 15 is 0 Å². The van der Waals surface area contributed by atoms with Crippen molar-refractivity contribution in [3.05, 3.63) is 152 Å². The van der Waals surface area contributed by atoms with Crippen LogP contribution in [-0.2, 0) is 0 Å². The van der Waals surface area contributed by atoms with Crippen molar-refractivity contribution in [3.63, 3.8) is 0 Å². The number of furan rings is 1. The van der Waals surface area contributed by atoms with Gasteiger partial charge in [0.05, 0.1) is 0 Å². The quantitative estimate of drug-likeness (QED) is 0.183. The number of thiophene rings is 1. The molecule has 10 rings (SSSR count). The number of hydrogen-bond donors (Lipinski definition) is 0. The van der Waals surface area contributed by atoms with E-state index in [0.29, 0.717) is 28.9 Å². The molecule has 0 fully saturated rings. The fourth-order valence-corrected chi connectivity index (χ4v) is 7.76. The molecule has 6 aromatic carbocycles. The molecule has 6 nitrogen and oxygen atoms in total. The van der Waals surface area contributed by atoms with Crippen molar-refractivity contribution in [2.75, 3.05) is 0 Å². The van der Waals surface area contributed by atoms with Gasteiger partial charge in [-0.05, 0) is 24.3 Å². The van der Waals surface area contributed by atoms with Crippen LogP contribution in [0.5, 0.6) is 0 Å². The highest BCUT2D eigenvalue weighted by Gasteiger charge is 2.21. The zero-order chi connectivity index (χ0) is 33.0. The minimum atomic E-state index is 0.638. The molecule has 0 N–H and O–H groups in total. The Morgan fingerprint density at radius 1 is 0.420 bits per heavy atom. The van der Waals surface area contributed by atoms with Crippen LogP contribution in [0, 0.1) is 0 Å². The van der Waals surface area contributed by atoms with E-state index in [0.717, 1.165) is 70.2 Å². The van der Waals surface area contributed by atoms with Gasteiger partial charge in [-0.1, -0.05) is 127 Å². The Bertz CT molecular complexity index is 2810. The van der Waals surface area contributed by atoms with Gasteiger partial charge in [0.15, 0.2) is 28.9 Å². The summed E-state index contributed by atoms with van der Waals surface area (Å²) in [7, 11) is 0. The molecule has 0 aliphatic heterocycles. The molecule has 0 bridgehead atoms. The van der Waals surface area contributed by atoms with Crippen LogP contribution in [0.2, 0.25) is 0 Å². The molecule has 0 saturated heterocycles. The first kappa shape index (κ1) is 28.4. The molecule has 0 unspecified atom stereocenters. The van der Waals surface area contributed by atoms with Crippen molar-refractivity contribution in [1.29, 1.82) is 0 Å². The highest BCUT2D eigenvalue weighted by Crippen LogP contribution is 2.42. The van der Waals surface area contributed by atoms with E-state index in [1.54, 1.807) is 11.3 Å². The van der Waals surface area contributed by atoms with Gasteiger partial charge >= 0.3 is 0 Å². The van der Waals surface area contributed by atoms with E-state index in [-0.39, 0.29) is 0 Å². The Labute approximate surface area is 290 Å². The van der Waals surface area contributed by atoms with Crippen LogP contribution in [-0.4, -0.2) is 24.9 Å². The van der Waals surface area contributed by atoms with Crippen LogP contribution in [0.1, 0.15) is 0 Å².